The fourth-order valence-electron chi connectivity index (χ4n) is 4.84. The van der Waals surface area contributed by atoms with E-state index in [0.717, 1.165) is 5.56 Å². The molecule has 0 radical (unpaired) electrons. The Hall–Kier alpha value is -3.54. The van der Waals surface area contributed by atoms with Gasteiger partial charge in [-0.1, -0.05) is 42.5 Å². The molecular weight excluding hydrogens is 514 g/mol. The maximum Gasteiger partial charge on any atom is 0.336 e. The van der Waals surface area contributed by atoms with Crippen molar-refractivity contribution in [1.82, 2.24) is 10.3 Å². The van der Waals surface area contributed by atoms with Crippen molar-refractivity contribution in [3.63, 3.8) is 0 Å². The zero-order valence-corrected chi connectivity index (χ0v) is 22.4. The molecule has 1 aromatic heterocycles. The van der Waals surface area contributed by atoms with E-state index in [1.807, 2.05) is 37.3 Å². The first-order valence-corrected chi connectivity index (χ1v) is 13.7. The number of sulfonamides is 1. The molecular formula is C26H27N3O6S2. The summed E-state index contributed by atoms with van der Waals surface area (Å²) in [4.78, 5) is 31.1. The lowest BCUT2D eigenvalue weighted by Gasteiger charge is -2.45. The van der Waals surface area contributed by atoms with Crippen molar-refractivity contribution < 1.29 is 27.5 Å². The first-order chi connectivity index (χ1) is 17.5. The highest BCUT2D eigenvalue weighted by atomic mass is 32.2. The molecule has 4 rings (SSSR count). The van der Waals surface area contributed by atoms with Gasteiger partial charge in [-0.05, 0) is 31.5 Å². The molecule has 3 N–H and O–H groups in total. The summed E-state index contributed by atoms with van der Waals surface area (Å²) < 4.78 is 34.0. The molecule has 1 aliphatic rings. The number of aromatic nitrogens is 1. The van der Waals surface area contributed by atoms with Gasteiger partial charge in [0.1, 0.15) is 10.5 Å². The van der Waals surface area contributed by atoms with Crippen LogP contribution in [-0.2, 0) is 34.6 Å². The second-order valence-electron chi connectivity index (χ2n) is 8.86. The summed E-state index contributed by atoms with van der Waals surface area (Å²) in [5.41, 5.74) is 1.65. The van der Waals surface area contributed by atoms with Crippen molar-refractivity contribution in [3.8, 4) is 11.3 Å². The van der Waals surface area contributed by atoms with E-state index in [0.29, 0.717) is 27.5 Å². The summed E-state index contributed by atoms with van der Waals surface area (Å²) in [5, 5.41) is 11.0. The summed E-state index contributed by atoms with van der Waals surface area (Å²) in [6.45, 7) is 3.60. The number of nitrogens with one attached hydrogen (secondary N) is 1. The van der Waals surface area contributed by atoms with Crippen molar-refractivity contribution >= 4 is 33.3 Å². The summed E-state index contributed by atoms with van der Waals surface area (Å²) in [7, 11) is -1.29. The van der Waals surface area contributed by atoms with Crippen LogP contribution >= 0.6 is 11.3 Å². The van der Waals surface area contributed by atoms with Crippen LogP contribution in [-0.4, -0.2) is 39.6 Å². The van der Waals surface area contributed by atoms with E-state index in [1.54, 1.807) is 24.4 Å². The highest BCUT2D eigenvalue weighted by molar-refractivity contribution is 7.89. The highest BCUT2D eigenvalue weighted by Crippen LogP contribution is 2.49. The third-order valence-electron chi connectivity index (χ3n) is 6.54. The second kappa shape index (κ2) is 10.1. The average molecular weight is 542 g/mol. The number of nitrogens with zero attached hydrogens (tertiary/aromatic N) is 1. The van der Waals surface area contributed by atoms with Gasteiger partial charge >= 0.3 is 11.9 Å². The van der Waals surface area contributed by atoms with Crippen molar-refractivity contribution in [2.45, 2.75) is 30.2 Å². The minimum absolute atomic E-state index is 0.0281. The van der Waals surface area contributed by atoms with E-state index in [9.17, 15) is 18.0 Å². The van der Waals surface area contributed by atoms with Gasteiger partial charge in [-0.3, -0.25) is 4.79 Å². The van der Waals surface area contributed by atoms with Crippen LogP contribution in [0.15, 0.2) is 76.1 Å². The Bertz CT molecular complexity index is 1480. The first kappa shape index (κ1) is 26.5. The number of carbonyl (C=O) groups is 2. The van der Waals surface area contributed by atoms with Gasteiger partial charge in [0.15, 0.2) is 0 Å². The van der Waals surface area contributed by atoms with Crippen LogP contribution < -0.4 is 10.5 Å². The minimum atomic E-state index is -3.89. The van der Waals surface area contributed by atoms with Crippen LogP contribution in [0, 0.1) is 5.92 Å². The molecule has 0 spiro atoms. The molecule has 0 bridgehead atoms. The number of hydrogen-bond acceptors (Lipinski definition) is 9. The zero-order valence-electron chi connectivity index (χ0n) is 20.7. The highest BCUT2D eigenvalue weighted by Gasteiger charge is 2.54. The third-order valence-corrected chi connectivity index (χ3v) is 8.53. The number of methoxy groups -OCH3 is 2. The van der Waals surface area contributed by atoms with Crippen molar-refractivity contribution in [2.24, 2.45) is 11.1 Å². The van der Waals surface area contributed by atoms with Crippen molar-refractivity contribution in [2.75, 3.05) is 14.2 Å². The van der Waals surface area contributed by atoms with E-state index in [-0.39, 0.29) is 4.90 Å². The Labute approximate surface area is 219 Å². The molecule has 0 saturated carbocycles. The molecule has 2 heterocycles. The largest absolute Gasteiger partial charge is 0.469 e. The molecule has 1 aliphatic heterocycles. The van der Waals surface area contributed by atoms with Crippen LogP contribution in [0.5, 0.6) is 0 Å². The van der Waals surface area contributed by atoms with Crippen LogP contribution in [0.1, 0.15) is 30.3 Å². The Balaban J connectivity index is 1.89. The Morgan fingerprint density at radius 1 is 1.08 bits per heavy atom. The standard InChI is InChI=1S/C26H27N3O6S2/c1-15-20(23(30)34-3)21(16-9-6-5-7-10-16)22(24(31)35-4)26(2,29-15)25-28-19(14-36-25)17-11-8-12-18(13-17)37(27,32)33/h5-14,21-22,29H,1-4H3,(H2,27,32,33). The fraction of sp³-hybridized carbons (Fsp3) is 0.269. The van der Waals surface area contributed by atoms with Crippen LogP contribution in [0.2, 0.25) is 0 Å². The molecule has 0 aliphatic carbocycles. The van der Waals surface area contributed by atoms with Crippen LogP contribution in [0.3, 0.4) is 0 Å². The Kier molecular flexibility index (Phi) is 7.22. The number of hydrogen-bond donors (Lipinski definition) is 2. The molecule has 0 fully saturated rings. The van der Waals surface area contributed by atoms with Crippen LogP contribution in [0.25, 0.3) is 11.3 Å². The normalized spacial score (nSPS) is 21.8. The minimum Gasteiger partial charge on any atom is -0.469 e. The Morgan fingerprint density at radius 3 is 2.41 bits per heavy atom. The molecule has 37 heavy (non-hydrogen) atoms. The molecule has 3 atom stereocenters. The van der Waals surface area contributed by atoms with E-state index in [1.165, 1.54) is 37.7 Å². The number of rotatable bonds is 6. The molecule has 0 amide bonds. The second-order valence-corrected chi connectivity index (χ2v) is 11.3. The summed E-state index contributed by atoms with van der Waals surface area (Å²) >= 11 is 1.31. The number of esters is 2. The summed E-state index contributed by atoms with van der Waals surface area (Å²) in [5.74, 6) is -2.63. The quantitative estimate of drug-likeness (QED) is 0.454. The van der Waals surface area contributed by atoms with Gasteiger partial charge in [-0.15, -0.1) is 11.3 Å². The maximum absolute atomic E-state index is 13.4. The molecule has 3 aromatic rings. The first-order valence-electron chi connectivity index (χ1n) is 11.3. The predicted molar refractivity (Wildman–Crippen MR) is 139 cm³/mol. The monoisotopic (exact) mass is 541 g/mol. The maximum atomic E-state index is 13.4. The number of primary sulfonamides is 1. The average Bonchev–Trinajstić information content (AvgIpc) is 3.39. The van der Waals surface area contributed by atoms with Gasteiger partial charge in [-0.2, -0.15) is 0 Å². The van der Waals surface area contributed by atoms with E-state index in [4.69, 9.17) is 19.6 Å². The van der Waals surface area contributed by atoms with Crippen LogP contribution in [0.4, 0.5) is 0 Å². The predicted octanol–water partition coefficient (Wildman–Crippen LogP) is 3.30. The van der Waals surface area contributed by atoms with E-state index < -0.39 is 39.3 Å². The summed E-state index contributed by atoms with van der Waals surface area (Å²) in [6, 6.07) is 15.4. The SMILES string of the molecule is COC(=O)C1=C(C)NC(C)(c2nc(-c3cccc(S(N)(=O)=O)c3)cs2)C(C(=O)OC)C1c1ccccc1. The molecule has 9 nitrogen and oxygen atoms in total. The van der Waals surface area contributed by atoms with E-state index >= 15 is 0 Å². The summed E-state index contributed by atoms with van der Waals surface area (Å²) in [6.07, 6.45) is 0. The number of benzene rings is 2. The van der Waals surface area contributed by atoms with Gasteiger partial charge in [-0.25, -0.2) is 23.3 Å². The lowest BCUT2D eigenvalue weighted by Crippen LogP contribution is -2.55. The smallest absolute Gasteiger partial charge is 0.336 e. The Morgan fingerprint density at radius 2 is 1.78 bits per heavy atom. The van der Waals surface area contributed by atoms with Crippen molar-refractivity contribution in [1.29, 1.82) is 0 Å². The fourth-order valence-corrected chi connectivity index (χ4v) is 6.39. The molecule has 0 saturated heterocycles. The van der Waals surface area contributed by atoms with Gasteiger partial charge in [0.2, 0.25) is 10.0 Å². The lowest BCUT2D eigenvalue weighted by atomic mass is 9.67. The van der Waals surface area contributed by atoms with Gasteiger partial charge in [0, 0.05) is 22.6 Å². The molecule has 2 aromatic carbocycles. The molecule has 11 heteroatoms. The van der Waals surface area contributed by atoms with Gasteiger partial charge < -0.3 is 14.8 Å². The number of allylic oxidation sites excluding steroid dienone is 1. The van der Waals surface area contributed by atoms with E-state index in [2.05, 4.69) is 5.32 Å². The number of nitrogens with two attached hydrogens (primary N) is 1. The van der Waals surface area contributed by atoms with Gasteiger partial charge in [0.05, 0.1) is 36.3 Å². The molecule has 3 unspecified atom stereocenters. The third kappa shape index (κ3) is 4.89. The number of thiazole rings is 1. The number of ether oxygens (including phenoxy) is 2. The lowest BCUT2D eigenvalue weighted by molar-refractivity contribution is -0.150. The molecule has 194 valence electrons. The van der Waals surface area contributed by atoms with Gasteiger partial charge in [0.25, 0.3) is 0 Å². The zero-order chi connectivity index (χ0) is 27.0. The number of carbonyl (C=O) groups excluding carboxylic acids is 2. The van der Waals surface area contributed by atoms with Crippen molar-refractivity contribution in [3.05, 3.63) is 81.8 Å². The topological polar surface area (TPSA) is 138 Å².